The maximum atomic E-state index is 15.1. The zero-order valence-corrected chi connectivity index (χ0v) is 31.7. The van der Waals surface area contributed by atoms with E-state index in [1.165, 1.54) is 0 Å². The molecule has 0 radical (unpaired) electrons. The predicted octanol–water partition coefficient (Wildman–Crippen LogP) is 13.1. The van der Waals surface area contributed by atoms with Gasteiger partial charge >= 0.3 is 0 Å². The second-order valence-electron chi connectivity index (χ2n) is 14.6. The summed E-state index contributed by atoms with van der Waals surface area (Å²) >= 11 is 0. The van der Waals surface area contributed by atoms with Crippen molar-refractivity contribution in [2.24, 2.45) is 0 Å². The minimum Gasteiger partial charge on any atom is -0.456 e. The van der Waals surface area contributed by atoms with E-state index in [0.717, 1.165) is 104 Å². The lowest BCUT2D eigenvalue weighted by Crippen LogP contribution is -2.24. The molecule has 0 aliphatic rings. The van der Waals surface area contributed by atoms with Gasteiger partial charge in [-0.05, 0) is 63.9 Å². The first-order valence-electron chi connectivity index (χ1n) is 19.2. The fraction of sp³-hybridized carbons (Fsp3) is 0. The van der Waals surface area contributed by atoms with E-state index in [9.17, 15) is 0 Å². The van der Waals surface area contributed by atoms with Crippen LogP contribution in [0.3, 0.4) is 0 Å². The van der Waals surface area contributed by atoms with Gasteiger partial charge in [0.25, 0.3) is 0 Å². The summed E-state index contributed by atoms with van der Waals surface area (Å²) in [6.45, 7) is 0. The molecule has 2 heterocycles. The molecule has 0 N–H and O–H groups in total. The fourth-order valence-corrected chi connectivity index (χ4v) is 11.3. The van der Waals surface area contributed by atoms with E-state index in [1.807, 2.05) is 84.9 Å². The van der Waals surface area contributed by atoms with Crippen molar-refractivity contribution < 1.29 is 8.98 Å². The normalized spacial score (nSPS) is 11.9. The molecule has 3 nitrogen and oxygen atoms in total. The van der Waals surface area contributed by atoms with Crippen LogP contribution in [0.5, 0.6) is 0 Å². The second-order valence-corrected chi connectivity index (χ2v) is 17.4. The largest absolute Gasteiger partial charge is 0.456 e. The van der Waals surface area contributed by atoms with Gasteiger partial charge in [-0.15, -0.1) is 0 Å². The molecule has 57 heavy (non-hydrogen) atoms. The Balaban J connectivity index is 1.11. The molecule has 268 valence electrons. The van der Waals surface area contributed by atoms with Gasteiger partial charge in [0.05, 0.1) is 11.2 Å². The lowest BCUT2D eigenvalue weighted by Gasteiger charge is -2.20. The van der Waals surface area contributed by atoms with Gasteiger partial charge in [0.15, 0.2) is 7.14 Å². The molecule has 0 fully saturated rings. The van der Waals surface area contributed by atoms with Gasteiger partial charge in [-0.3, -0.25) is 0 Å². The summed E-state index contributed by atoms with van der Waals surface area (Å²) in [6.07, 6.45) is 0. The molecule has 0 spiro atoms. The Kier molecular flexibility index (Phi) is 7.77. The molecule has 11 rings (SSSR count). The van der Waals surface area contributed by atoms with Crippen LogP contribution in [0.4, 0.5) is 0 Å². The monoisotopic (exact) mass is 747 g/mol. The van der Waals surface area contributed by atoms with Crippen molar-refractivity contribution in [1.82, 2.24) is 4.98 Å². The van der Waals surface area contributed by atoms with Gasteiger partial charge in [-0.25, -0.2) is 4.98 Å². The maximum absolute atomic E-state index is 15.1. The summed E-state index contributed by atoms with van der Waals surface area (Å²) in [6, 6.07) is 70.8. The average Bonchev–Trinajstić information content (AvgIpc) is 3.66. The first-order chi connectivity index (χ1) is 28.1. The van der Waals surface area contributed by atoms with E-state index < -0.39 is 7.14 Å². The number of fused-ring (bicyclic) bond motifs is 7. The van der Waals surface area contributed by atoms with Crippen molar-refractivity contribution in [2.45, 2.75) is 0 Å². The van der Waals surface area contributed by atoms with E-state index in [2.05, 4.69) is 121 Å². The Bertz CT molecular complexity index is 3330. The third kappa shape index (κ3) is 5.43. The highest BCUT2D eigenvalue weighted by Gasteiger charge is 2.30. The van der Waals surface area contributed by atoms with Gasteiger partial charge in [0.1, 0.15) is 11.2 Å². The Morgan fingerprint density at radius 3 is 1.75 bits per heavy atom. The molecule has 0 saturated carbocycles. The minimum atomic E-state index is -3.10. The molecule has 2 aromatic heterocycles. The number of aromatic nitrogens is 1. The van der Waals surface area contributed by atoms with Crippen molar-refractivity contribution in [3.8, 4) is 33.5 Å². The minimum absolute atomic E-state index is 0.825. The van der Waals surface area contributed by atoms with E-state index in [1.54, 1.807) is 0 Å². The zero-order valence-electron chi connectivity index (χ0n) is 30.8. The van der Waals surface area contributed by atoms with Gasteiger partial charge in [-0.1, -0.05) is 170 Å². The van der Waals surface area contributed by atoms with Crippen LogP contribution >= 0.6 is 7.14 Å². The molecule has 0 aliphatic heterocycles. The zero-order chi connectivity index (χ0) is 37.9. The fourth-order valence-electron chi connectivity index (χ4n) is 8.61. The van der Waals surface area contributed by atoms with Crippen molar-refractivity contribution in [1.29, 1.82) is 0 Å². The van der Waals surface area contributed by atoms with E-state index in [4.69, 9.17) is 9.40 Å². The van der Waals surface area contributed by atoms with Crippen LogP contribution < -0.4 is 15.9 Å². The van der Waals surface area contributed by atoms with Crippen LogP contribution in [-0.4, -0.2) is 4.98 Å². The first-order valence-corrected chi connectivity index (χ1v) is 20.9. The van der Waals surface area contributed by atoms with Gasteiger partial charge in [-0.2, -0.15) is 0 Å². The van der Waals surface area contributed by atoms with Crippen molar-refractivity contribution >= 4 is 77.4 Å². The molecule has 0 aliphatic carbocycles. The number of benzene rings is 9. The van der Waals surface area contributed by atoms with Gasteiger partial charge in [0, 0.05) is 54.0 Å². The molecule has 11 aromatic rings. The van der Waals surface area contributed by atoms with E-state index in [0.29, 0.717) is 0 Å². The molecular weight excluding hydrogens is 714 g/mol. The van der Waals surface area contributed by atoms with Crippen molar-refractivity contribution in [2.75, 3.05) is 0 Å². The van der Waals surface area contributed by atoms with Crippen molar-refractivity contribution in [3.05, 3.63) is 206 Å². The summed E-state index contributed by atoms with van der Waals surface area (Å²) in [5, 5.41) is 10.1. The first kappa shape index (κ1) is 33.3. The van der Waals surface area contributed by atoms with Crippen LogP contribution in [-0.2, 0) is 4.57 Å². The number of pyridine rings is 1. The highest BCUT2D eigenvalue weighted by atomic mass is 31.2. The third-order valence-electron chi connectivity index (χ3n) is 11.3. The highest BCUT2D eigenvalue weighted by Crippen LogP contribution is 2.47. The SMILES string of the molecule is O=P(c1ccccc1)(c1ccccc1)c1ccc2cc(-c3cccc(-c4c5c(cc6c(-c7ccccc7)nc7ccccc7c46)oc4ccccc45)c3)ccc2c1. The number of para-hydroxylation sites is 2. The number of nitrogens with zero attached hydrogens (tertiary/aromatic N) is 1. The highest BCUT2D eigenvalue weighted by molar-refractivity contribution is 7.85. The quantitative estimate of drug-likeness (QED) is 0.126. The maximum Gasteiger partial charge on any atom is 0.171 e. The van der Waals surface area contributed by atoms with Crippen molar-refractivity contribution in [3.63, 3.8) is 0 Å². The summed E-state index contributed by atoms with van der Waals surface area (Å²) < 4.78 is 21.8. The van der Waals surface area contributed by atoms with Crippen LogP contribution in [0.15, 0.2) is 211 Å². The second kappa shape index (κ2) is 13.3. The Hall–Kier alpha value is -7.06. The molecule has 4 heteroatoms. The van der Waals surface area contributed by atoms with Gasteiger partial charge in [0.2, 0.25) is 0 Å². The molecule has 0 unspecified atom stereocenters. The van der Waals surface area contributed by atoms with Gasteiger partial charge < -0.3 is 8.98 Å². The topological polar surface area (TPSA) is 43.1 Å². The summed E-state index contributed by atoms with van der Waals surface area (Å²) in [5.74, 6) is 0. The molecule has 0 atom stereocenters. The number of hydrogen-bond acceptors (Lipinski definition) is 3. The molecule has 9 aromatic carbocycles. The molecular formula is C53H34NO2P. The van der Waals surface area contributed by atoms with E-state index in [-0.39, 0.29) is 0 Å². The Morgan fingerprint density at radius 1 is 0.386 bits per heavy atom. The predicted molar refractivity (Wildman–Crippen MR) is 240 cm³/mol. The number of rotatable bonds is 6. The summed E-state index contributed by atoms with van der Waals surface area (Å²) in [4.78, 5) is 5.26. The van der Waals surface area contributed by atoms with Crippen LogP contribution in [0.25, 0.3) is 87.9 Å². The Morgan fingerprint density at radius 2 is 0.982 bits per heavy atom. The molecule has 0 saturated heterocycles. The standard InChI is InChI=1S/C53H34NO2P/c55-57(41-19-6-2-7-20-41,42-21-8-3-9-22-42)43-30-29-38-31-37(27-28-39(38)33-43)36-17-14-18-40(32-36)50-51-44-23-10-12-25-47(44)54-53(35-15-4-1-5-16-35)46(51)34-49-52(50)45-24-11-13-26-48(45)56-49/h1-34H. The smallest absolute Gasteiger partial charge is 0.171 e. The number of hydrogen-bond donors (Lipinski definition) is 0. The van der Waals surface area contributed by atoms with Crippen LogP contribution in [0, 0.1) is 0 Å². The lowest BCUT2D eigenvalue weighted by atomic mass is 9.88. The van der Waals surface area contributed by atoms with Crippen LogP contribution in [0.2, 0.25) is 0 Å². The van der Waals surface area contributed by atoms with Crippen LogP contribution in [0.1, 0.15) is 0 Å². The lowest BCUT2D eigenvalue weighted by molar-refractivity contribution is 0.592. The molecule has 0 amide bonds. The Labute approximate surface area is 329 Å². The third-order valence-corrected chi connectivity index (χ3v) is 14.3. The molecule has 0 bridgehead atoms. The summed E-state index contributed by atoms with van der Waals surface area (Å²) in [5.41, 5.74) is 9.09. The average molecular weight is 748 g/mol. The number of furan rings is 1. The van der Waals surface area contributed by atoms with E-state index >= 15 is 4.57 Å². The summed E-state index contributed by atoms with van der Waals surface area (Å²) in [7, 11) is -3.10.